The number of hydrogen-bond acceptors (Lipinski definition) is 8. The number of piperidine rings is 1. The zero-order valence-corrected chi connectivity index (χ0v) is 19.5. The first-order valence-corrected chi connectivity index (χ1v) is 12.0. The minimum Gasteiger partial charge on any atom is -0.496 e. The molecular formula is C24H27N3O5S. The van der Waals surface area contributed by atoms with Crippen molar-refractivity contribution in [3.8, 4) is 17.1 Å². The summed E-state index contributed by atoms with van der Waals surface area (Å²) in [5, 5.41) is 7.80. The van der Waals surface area contributed by atoms with Gasteiger partial charge in [0, 0.05) is 29.5 Å². The highest BCUT2D eigenvalue weighted by Crippen LogP contribution is 2.41. The van der Waals surface area contributed by atoms with Gasteiger partial charge in [0.05, 0.1) is 19.1 Å². The SMILES string of the molecule is CCCCN1C(=O)CCC(C(=O)OCc2nc(-c3ccsc3)no2)C1c1ccccc1OC. The molecule has 0 spiro atoms. The lowest BCUT2D eigenvalue weighted by Crippen LogP contribution is -2.46. The van der Waals surface area contributed by atoms with Gasteiger partial charge < -0.3 is 18.9 Å². The van der Waals surface area contributed by atoms with Crippen LogP contribution in [0.25, 0.3) is 11.4 Å². The van der Waals surface area contributed by atoms with Crippen molar-refractivity contribution in [1.29, 1.82) is 0 Å². The van der Waals surface area contributed by atoms with Crippen LogP contribution < -0.4 is 4.74 Å². The summed E-state index contributed by atoms with van der Waals surface area (Å²) in [5.41, 5.74) is 1.67. The van der Waals surface area contributed by atoms with E-state index in [1.165, 1.54) is 11.3 Å². The van der Waals surface area contributed by atoms with Crippen molar-refractivity contribution in [1.82, 2.24) is 15.0 Å². The van der Waals surface area contributed by atoms with Crippen LogP contribution in [0.1, 0.15) is 50.1 Å². The molecule has 0 aliphatic carbocycles. The Labute approximate surface area is 196 Å². The second kappa shape index (κ2) is 10.6. The second-order valence-corrected chi connectivity index (χ2v) is 8.68. The molecule has 1 amide bonds. The number of amides is 1. The van der Waals surface area contributed by atoms with E-state index < -0.39 is 17.9 Å². The topological polar surface area (TPSA) is 94.8 Å². The lowest BCUT2D eigenvalue weighted by molar-refractivity contribution is -0.159. The molecule has 0 N–H and O–H groups in total. The first kappa shape index (κ1) is 23.0. The molecule has 1 saturated heterocycles. The van der Waals surface area contributed by atoms with Crippen molar-refractivity contribution < 1.29 is 23.6 Å². The van der Waals surface area contributed by atoms with Gasteiger partial charge in [-0.3, -0.25) is 9.59 Å². The smallest absolute Gasteiger partial charge is 0.311 e. The lowest BCUT2D eigenvalue weighted by atomic mass is 9.83. The molecular weight excluding hydrogens is 442 g/mol. The van der Waals surface area contributed by atoms with Crippen LogP contribution in [-0.2, 0) is 20.9 Å². The maximum absolute atomic E-state index is 13.2. The molecule has 1 fully saturated rings. The molecule has 3 aromatic rings. The highest BCUT2D eigenvalue weighted by molar-refractivity contribution is 7.08. The number of thiophene rings is 1. The highest BCUT2D eigenvalue weighted by atomic mass is 32.1. The molecule has 8 nitrogen and oxygen atoms in total. The molecule has 2 unspecified atom stereocenters. The molecule has 33 heavy (non-hydrogen) atoms. The number of unbranched alkanes of at least 4 members (excludes halogenated alkanes) is 1. The summed E-state index contributed by atoms with van der Waals surface area (Å²) < 4.78 is 16.4. The number of carbonyl (C=O) groups excluding carboxylic acids is 2. The van der Waals surface area contributed by atoms with Gasteiger partial charge >= 0.3 is 5.97 Å². The van der Waals surface area contributed by atoms with E-state index in [0.29, 0.717) is 31.0 Å². The van der Waals surface area contributed by atoms with Gasteiger partial charge in [-0.15, -0.1) is 0 Å². The summed E-state index contributed by atoms with van der Waals surface area (Å²) in [6, 6.07) is 8.96. The Morgan fingerprint density at radius 1 is 1.30 bits per heavy atom. The molecule has 1 aliphatic rings. The van der Waals surface area contributed by atoms with Crippen LogP contribution in [0.15, 0.2) is 45.6 Å². The van der Waals surface area contributed by atoms with E-state index >= 15 is 0 Å². The lowest BCUT2D eigenvalue weighted by Gasteiger charge is -2.40. The van der Waals surface area contributed by atoms with Gasteiger partial charge in [-0.25, -0.2) is 0 Å². The fourth-order valence-corrected chi connectivity index (χ4v) is 4.78. The first-order chi connectivity index (χ1) is 16.1. The third-order valence-corrected chi connectivity index (χ3v) is 6.49. The van der Waals surface area contributed by atoms with Gasteiger partial charge in [0.2, 0.25) is 11.7 Å². The number of hydrogen-bond donors (Lipinski definition) is 0. The number of para-hydroxylation sites is 1. The Morgan fingerprint density at radius 3 is 2.91 bits per heavy atom. The maximum atomic E-state index is 13.2. The van der Waals surface area contributed by atoms with E-state index in [-0.39, 0.29) is 18.4 Å². The summed E-state index contributed by atoms with van der Waals surface area (Å²) in [6.45, 7) is 2.54. The third kappa shape index (κ3) is 5.08. The minimum absolute atomic E-state index is 0.0423. The van der Waals surface area contributed by atoms with E-state index in [0.717, 1.165) is 24.0 Å². The number of nitrogens with zero attached hydrogens (tertiary/aromatic N) is 3. The monoisotopic (exact) mass is 469 g/mol. The number of carbonyl (C=O) groups is 2. The summed E-state index contributed by atoms with van der Waals surface area (Å²) in [6.07, 6.45) is 2.51. The number of esters is 1. The molecule has 2 atom stereocenters. The average molecular weight is 470 g/mol. The Bertz CT molecular complexity index is 1080. The van der Waals surface area contributed by atoms with E-state index in [1.807, 2.05) is 41.1 Å². The molecule has 0 radical (unpaired) electrons. The molecule has 0 bridgehead atoms. The van der Waals surface area contributed by atoms with Crippen LogP contribution in [-0.4, -0.2) is 40.6 Å². The number of rotatable bonds is 9. The quantitative estimate of drug-likeness (QED) is 0.422. The molecule has 1 aliphatic heterocycles. The number of likely N-dealkylation sites (tertiary alicyclic amines) is 1. The third-order valence-electron chi connectivity index (χ3n) is 5.80. The molecule has 4 rings (SSSR count). The van der Waals surface area contributed by atoms with Gasteiger partial charge in [0.1, 0.15) is 5.75 Å². The van der Waals surface area contributed by atoms with Crippen molar-refractivity contribution in [2.24, 2.45) is 5.92 Å². The number of methoxy groups -OCH3 is 1. The standard InChI is InChI=1S/C24H27N3O5S/c1-3-4-12-27-21(28)10-9-18(22(27)17-7-5-6-8-19(17)30-2)24(29)31-14-20-25-23(26-32-20)16-11-13-33-15-16/h5-8,11,13,15,18,22H,3-4,9-10,12,14H2,1-2H3. The van der Waals surface area contributed by atoms with Gasteiger partial charge in [-0.2, -0.15) is 16.3 Å². The van der Waals surface area contributed by atoms with Crippen LogP contribution in [0.5, 0.6) is 5.75 Å². The number of ether oxygens (including phenoxy) is 2. The van der Waals surface area contributed by atoms with Crippen LogP contribution >= 0.6 is 11.3 Å². The van der Waals surface area contributed by atoms with Crippen LogP contribution in [0, 0.1) is 5.92 Å². The van der Waals surface area contributed by atoms with Gasteiger partial charge in [-0.1, -0.05) is 36.7 Å². The van der Waals surface area contributed by atoms with E-state index in [2.05, 4.69) is 17.1 Å². The molecule has 2 aromatic heterocycles. The van der Waals surface area contributed by atoms with Crippen LogP contribution in [0.3, 0.4) is 0 Å². The number of benzene rings is 1. The van der Waals surface area contributed by atoms with Crippen LogP contribution in [0.2, 0.25) is 0 Å². The zero-order valence-electron chi connectivity index (χ0n) is 18.7. The van der Waals surface area contributed by atoms with Crippen molar-refractivity contribution in [2.75, 3.05) is 13.7 Å². The molecule has 3 heterocycles. The Hall–Kier alpha value is -3.20. The van der Waals surface area contributed by atoms with Crippen molar-refractivity contribution in [3.05, 3.63) is 52.5 Å². The normalized spacial score (nSPS) is 18.4. The Kier molecular flexibility index (Phi) is 7.39. The van der Waals surface area contributed by atoms with Gasteiger partial charge in [0.25, 0.3) is 5.89 Å². The summed E-state index contributed by atoms with van der Waals surface area (Å²) in [7, 11) is 1.59. The Morgan fingerprint density at radius 2 is 2.15 bits per heavy atom. The van der Waals surface area contributed by atoms with E-state index in [1.54, 1.807) is 12.0 Å². The summed E-state index contributed by atoms with van der Waals surface area (Å²) >= 11 is 1.54. The fourth-order valence-electron chi connectivity index (χ4n) is 4.15. The van der Waals surface area contributed by atoms with E-state index in [4.69, 9.17) is 14.0 Å². The second-order valence-electron chi connectivity index (χ2n) is 7.90. The Balaban J connectivity index is 1.54. The summed E-state index contributed by atoms with van der Waals surface area (Å²) in [4.78, 5) is 32.2. The van der Waals surface area contributed by atoms with Crippen molar-refractivity contribution in [3.63, 3.8) is 0 Å². The predicted molar refractivity (Wildman–Crippen MR) is 122 cm³/mol. The molecule has 0 saturated carbocycles. The largest absolute Gasteiger partial charge is 0.496 e. The maximum Gasteiger partial charge on any atom is 0.311 e. The minimum atomic E-state index is -0.518. The van der Waals surface area contributed by atoms with E-state index in [9.17, 15) is 9.59 Å². The van der Waals surface area contributed by atoms with Crippen LogP contribution in [0.4, 0.5) is 0 Å². The first-order valence-electron chi connectivity index (χ1n) is 11.1. The molecule has 9 heteroatoms. The number of aromatic nitrogens is 2. The summed E-state index contributed by atoms with van der Waals surface area (Å²) in [5.74, 6) is 0.469. The van der Waals surface area contributed by atoms with Crippen molar-refractivity contribution >= 4 is 23.2 Å². The molecule has 1 aromatic carbocycles. The molecule has 174 valence electrons. The highest BCUT2D eigenvalue weighted by Gasteiger charge is 2.42. The zero-order chi connectivity index (χ0) is 23.2. The van der Waals surface area contributed by atoms with Crippen molar-refractivity contribution in [2.45, 2.75) is 45.3 Å². The predicted octanol–water partition coefficient (Wildman–Crippen LogP) is 4.63. The van der Waals surface area contributed by atoms with Gasteiger partial charge in [-0.05, 0) is 30.4 Å². The van der Waals surface area contributed by atoms with Gasteiger partial charge in [0.15, 0.2) is 6.61 Å². The average Bonchev–Trinajstić information content (AvgIpc) is 3.53. The fraction of sp³-hybridized carbons (Fsp3) is 0.417.